The lowest BCUT2D eigenvalue weighted by Crippen LogP contribution is -2.33. The van der Waals surface area contributed by atoms with E-state index in [1.54, 1.807) is 0 Å². The molecule has 0 radical (unpaired) electrons. The number of nitrogens with zero attached hydrogens (tertiary/aromatic N) is 4. The summed E-state index contributed by atoms with van der Waals surface area (Å²) in [5, 5.41) is 10.8. The van der Waals surface area contributed by atoms with Crippen LogP contribution in [0.2, 0.25) is 0 Å². The monoisotopic (exact) mass is 439 g/mol. The third-order valence-corrected chi connectivity index (χ3v) is 6.43. The summed E-state index contributed by atoms with van der Waals surface area (Å²) in [5.74, 6) is 1.20. The highest BCUT2D eigenvalue weighted by molar-refractivity contribution is 7.99. The molecule has 0 saturated carbocycles. The van der Waals surface area contributed by atoms with Crippen LogP contribution in [-0.2, 0) is 16.1 Å². The van der Waals surface area contributed by atoms with Crippen molar-refractivity contribution >= 4 is 28.6 Å². The van der Waals surface area contributed by atoms with E-state index in [1.807, 2.05) is 37.1 Å². The zero-order valence-corrected chi connectivity index (χ0v) is 19.0. The van der Waals surface area contributed by atoms with Crippen LogP contribution in [0.3, 0.4) is 0 Å². The Hall–Kier alpha value is -2.58. The summed E-state index contributed by atoms with van der Waals surface area (Å²) in [7, 11) is 0. The molecule has 164 valence electrons. The number of fused-ring (bicyclic) bond motifs is 1. The van der Waals surface area contributed by atoms with E-state index < -0.39 is 0 Å². The van der Waals surface area contributed by atoms with Crippen LogP contribution < -0.4 is 0 Å². The van der Waals surface area contributed by atoms with Crippen LogP contribution in [0.15, 0.2) is 47.8 Å². The number of nitrogens with one attached hydrogen (secondary N) is 1. The molecule has 0 aliphatic carbocycles. The number of benzene rings is 1. The van der Waals surface area contributed by atoms with Gasteiger partial charge in [-0.1, -0.05) is 42.1 Å². The molecule has 7 nitrogen and oxygen atoms in total. The van der Waals surface area contributed by atoms with Gasteiger partial charge in [0.15, 0.2) is 11.0 Å². The molecule has 1 saturated heterocycles. The van der Waals surface area contributed by atoms with Gasteiger partial charge in [0.1, 0.15) is 0 Å². The number of amides is 1. The Labute approximate surface area is 186 Å². The summed E-state index contributed by atoms with van der Waals surface area (Å²) in [6.07, 6.45) is 4.22. The first-order valence-electron chi connectivity index (χ1n) is 10.7. The van der Waals surface area contributed by atoms with Gasteiger partial charge in [0.25, 0.3) is 0 Å². The van der Waals surface area contributed by atoms with Crippen LogP contribution in [0.25, 0.3) is 22.3 Å². The molecule has 1 unspecified atom stereocenters. The average Bonchev–Trinajstić information content (AvgIpc) is 3.50. The maximum absolute atomic E-state index is 12.7. The van der Waals surface area contributed by atoms with Crippen molar-refractivity contribution in [1.29, 1.82) is 0 Å². The molecule has 1 amide bonds. The molecule has 3 heterocycles. The van der Waals surface area contributed by atoms with Crippen molar-refractivity contribution in [3.05, 3.63) is 42.6 Å². The predicted molar refractivity (Wildman–Crippen MR) is 124 cm³/mol. The van der Waals surface area contributed by atoms with E-state index in [2.05, 4.69) is 38.5 Å². The first-order valence-corrected chi connectivity index (χ1v) is 11.7. The maximum Gasteiger partial charge on any atom is 0.233 e. The van der Waals surface area contributed by atoms with Crippen molar-refractivity contribution in [2.75, 3.05) is 25.4 Å². The summed E-state index contributed by atoms with van der Waals surface area (Å²) >= 11 is 1.44. The minimum absolute atomic E-state index is 0.0795. The molecule has 1 fully saturated rings. The van der Waals surface area contributed by atoms with Crippen LogP contribution in [0, 0.1) is 0 Å². The minimum Gasteiger partial charge on any atom is -0.376 e. The van der Waals surface area contributed by atoms with E-state index in [4.69, 9.17) is 4.74 Å². The molecule has 1 aliphatic heterocycles. The predicted octanol–water partition coefficient (Wildman–Crippen LogP) is 4.12. The Morgan fingerprint density at radius 2 is 2.23 bits per heavy atom. The quantitative estimate of drug-likeness (QED) is 0.401. The van der Waals surface area contributed by atoms with E-state index in [9.17, 15) is 4.79 Å². The Morgan fingerprint density at radius 3 is 2.97 bits per heavy atom. The number of ether oxygens (including phenoxy) is 1. The van der Waals surface area contributed by atoms with Gasteiger partial charge in [0, 0.05) is 42.4 Å². The van der Waals surface area contributed by atoms with E-state index in [-0.39, 0.29) is 12.0 Å². The number of carbonyl (C=O) groups is 1. The zero-order chi connectivity index (χ0) is 21.8. The Bertz CT molecular complexity index is 1070. The van der Waals surface area contributed by atoms with Crippen LogP contribution in [-0.4, -0.2) is 62.1 Å². The smallest absolute Gasteiger partial charge is 0.233 e. The normalized spacial score (nSPS) is 16.1. The van der Waals surface area contributed by atoms with E-state index in [0.29, 0.717) is 25.4 Å². The van der Waals surface area contributed by atoms with Crippen LogP contribution in [0.1, 0.15) is 26.7 Å². The summed E-state index contributed by atoms with van der Waals surface area (Å²) in [6.45, 7) is 10.6. The maximum atomic E-state index is 12.7. The van der Waals surface area contributed by atoms with Crippen LogP contribution >= 0.6 is 11.8 Å². The van der Waals surface area contributed by atoms with E-state index >= 15 is 0 Å². The Balaban J connectivity index is 1.60. The highest BCUT2D eigenvalue weighted by Crippen LogP contribution is 2.31. The number of aromatic nitrogens is 4. The van der Waals surface area contributed by atoms with E-state index in [0.717, 1.165) is 52.5 Å². The molecule has 1 N–H and O–H groups in total. The van der Waals surface area contributed by atoms with Gasteiger partial charge in [0.05, 0.1) is 18.4 Å². The molecule has 1 atom stereocenters. The lowest BCUT2D eigenvalue weighted by Gasteiger charge is -2.21. The van der Waals surface area contributed by atoms with Gasteiger partial charge in [-0.15, -0.1) is 10.2 Å². The van der Waals surface area contributed by atoms with Crippen LogP contribution in [0.4, 0.5) is 0 Å². The number of likely N-dealkylation sites (N-methyl/N-ethyl adjacent to an activating group) is 1. The number of para-hydroxylation sites is 1. The number of H-pyrrole nitrogens is 1. The third kappa shape index (κ3) is 4.85. The first kappa shape index (κ1) is 21.6. The Morgan fingerprint density at radius 1 is 1.39 bits per heavy atom. The van der Waals surface area contributed by atoms with Crippen molar-refractivity contribution in [2.45, 2.75) is 44.5 Å². The van der Waals surface area contributed by atoms with Crippen molar-refractivity contribution in [3.63, 3.8) is 0 Å². The summed E-state index contributed by atoms with van der Waals surface area (Å²) in [5.41, 5.74) is 3.05. The second kappa shape index (κ2) is 9.70. The Kier molecular flexibility index (Phi) is 6.77. The lowest BCUT2D eigenvalue weighted by atomic mass is 10.1. The number of carbonyl (C=O) groups excluding carboxylic acids is 1. The lowest BCUT2D eigenvalue weighted by molar-refractivity contribution is -0.127. The SMILES string of the molecule is C=C(C)CN(CC)C(=O)CSc1nnc(-c2c[nH]c3ccccc23)n1CC1CCCO1. The van der Waals surface area contributed by atoms with Gasteiger partial charge in [-0.05, 0) is 32.8 Å². The highest BCUT2D eigenvalue weighted by Gasteiger charge is 2.24. The van der Waals surface area contributed by atoms with Gasteiger partial charge < -0.3 is 14.6 Å². The van der Waals surface area contributed by atoms with Gasteiger partial charge in [0.2, 0.25) is 5.91 Å². The fourth-order valence-electron chi connectivity index (χ4n) is 3.93. The summed E-state index contributed by atoms with van der Waals surface area (Å²) in [6, 6.07) is 8.17. The van der Waals surface area contributed by atoms with Crippen molar-refractivity contribution in [1.82, 2.24) is 24.6 Å². The highest BCUT2D eigenvalue weighted by atomic mass is 32.2. The molecule has 2 aromatic heterocycles. The first-order chi connectivity index (χ1) is 15.1. The molecule has 3 aromatic rings. The summed E-state index contributed by atoms with van der Waals surface area (Å²) < 4.78 is 8.00. The molecule has 0 bridgehead atoms. The molecule has 31 heavy (non-hydrogen) atoms. The molecular weight excluding hydrogens is 410 g/mol. The number of rotatable bonds is 9. The fourth-order valence-corrected chi connectivity index (χ4v) is 4.78. The van der Waals surface area contributed by atoms with Gasteiger partial charge in [-0.3, -0.25) is 9.36 Å². The van der Waals surface area contributed by atoms with E-state index in [1.165, 1.54) is 11.8 Å². The molecule has 1 aromatic carbocycles. The number of hydrogen-bond acceptors (Lipinski definition) is 5. The van der Waals surface area contributed by atoms with Gasteiger partial charge in [-0.25, -0.2) is 0 Å². The third-order valence-electron chi connectivity index (χ3n) is 5.48. The number of thioether (sulfide) groups is 1. The minimum atomic E-state index is 0.0795. The number of aromatic amines is 1. The largest absolute Gasteiger partial charge is 0.376 e. The molecule has 0 spiro atoms. The van der Waals surface area contributed by atoms with Crippen molar-refractivity contribution in [2.24, 2.45) is 0 Å². The van der Waals surface area contributed by atoms with Crippen LogP contribution in [0.5, 0.6) is 0 Å². The molecule has 4 rings (SSSR count). The van der Waals surface area contributed by atoms with Crippen molar-refractivity contribution < 1.29 is 9.53 Å². The summed E-state index contributed by atoms with van der Waals surface area (Å²) in [4.78, 5) is 17.9. The second-order valence-electron chi connectivity index (χ2n) is 7.95. The number of hydrogen-bond donors (Lipinski definition) is 1. The standard InChI is InChI=1S/C23H29N5O2S/c1-4-27(13-16(2)3)21(29)15-31-23-26-25-22(28(23)14-17-8-7-11-30-17)19-12-24-20-10-6-5-9-18(19)20/h5-6,9-10,12,17,24H,2,4,7-8,11,13-15H2,1,3H3. The molecule has 1 aliphatic rings. The zero-order valence-electron chi connectivity index (χ0n) is 18.1. The van der Waals surface area contributed by atoms with Gasteiger partial charge in [-0.2, -0.15) is 0 Å². The molecule has 8 heteroatoms. The topological polar surface area (TPSA) is 76.0 Å². The molecular formula is C23H29N5O2S. The van der Waals surface area contributed by atoms with Gasteiger partial charge >= 0.3 is 0 Å². The second-order valence-corrected chi connectivity index (χ2v) is 8.90. The fraction of sp³-hybridized carbons (Fsp3) is 0.435. The van der Waals surface area contributed by atoms with Crippen molar-refractivity contribution in [3.8, 4) is 11.4 Å². The average molecular weight is 440 g/mol.